The van der Waals surface area contributed by atoms with E-state index in [9.17, 15) is 4.79 Å². The van der Waals surface area contributed by atoms with Crippen molar-refractivity contribution in [2.24, 2.45) is 5.10 Å². The van der Waals surface area contributed by atoms with E-state index in [0.717, 1.165) is 35.2 Å². The summed E-state index contributed by atoms with van der Waals surface area (Å²) in [4.78, 5) is 15.4. The van der Waals surface area contributed by atoms with Crippen LogP contribution in [0.4, 0.5) is 0 Å². The van der Waals surface area contributed by atoms with Crippen molar-refractivity contribution >= 4 is 23.0 Å². The van der Waals surface area contributed by atoms with E-state index in [-0.39, 0.29) is 5.91 Å². The number of aromatic amines is 1. The van der Waals surface area contributed by atoms with Crippen LogP contribution in [-0.2, 0) is 0 Å². The Hall–Kier alpha value is -3.08. The average Bonchev–Trinajstić information content (AvgIpc) is 3.18. The molecule has 1 aromatic heterocycles. The first-order valence-electron chi connectivity index (χ1n) is 10.4. The zero-order chi connectivity index (χ0) is 20.3. The molecule has 0 saturated carbocycles. The second-order valence-corrected chi connectivity index (χ2v) is 7.13. The normalized spacial score (nSPS) is 11.2. The van der Waals surface area contributed by atoms with Gasteiger partial charge in [-0.2, -0.15) is 5.10 Å². The maximum absolute atomic E-state index is 12.3. The molecule has 5 nitrogen and oxygen atoms in total. The molecule has 1 heterocycles. The molecular formula is C24H29N3O2. The number of rotatable bonds is 11. The van der Waals surface area contributed by atoms with E-state index in [1.165, 1.54) is 32.1 Å². The van der Waals surface area contributed by atoms with Crippen molar-refractivity contribution in [3.05, 3.63) is 65.9 Å². The summed E-state index contributed by atoms with van der Waals surface area (Å²) in [6.07, 6.45) is 10.9. The van der Waals surface area contributed by atoms with E-state index in [1.54, 1.807) is 12.4 Å². The number of hydrazone groups is 1. The highest BCUT2D eigenvalue weighted by molar-refractivity contribution is 6.06. The van der Waals surface area contributed by atoms with E-state index < -0.39 is 0 Å². The molecule has 2 N–H and O–H groups in total. The molecule has 29 heavy (non-hydrogen) atoms. The lowest BCUT2D eigenvalue weighted by atomic mass is 10.1. The fraction of sp³-hybridized carbons (Fsp3) is 0.333. The van der Waals surface area contributed by atoms with Gasteiger partial charge < -0.3 is 9.72 Å². The van der Waals surface area contributed by atoms with E-state index >= 15 is 0 Å². The summed E-state index contributed by atoms with van der Waals surface area (Å²) < 4.78 is 5.78. The number of hydrogen-bond acceptors (Lipinski definition) is 3. The van der Waals surface area contributed by atoms with Gasteiger partial charge in [0.1, 0.15) is 5.75 Å². The summed E-state index contributed by atoms with van der Waals surface area (Å²) in [6.45, 7) is 2.98. The molecule has 0 unspecified atom stereocenters. The number of carbonyl (C=O) groups excluding carboxylic acids is 1. The Bertz CT molecular complexity index is 929. The predicted octanol–water partition coefficient (Wildman–Crippen LogP) is 5.67. The van der Waals surface area contributed by atoms with Crippen LogP contribution in [-0.4, -0.2) is 23.7 Å². The third-order valence-electron chi connectivity index (χ3n) is 4.86. The maximum Gasteiger partial charge on any atom is 0.273 e. The monoisotopic (exact) mass is 391 g/mol. The van der Waals surface area contributed by atoms with Crippen LogP contribution >= 0.6 is 0 Å². The number of unbranched alkanes of at least 4 members (excludes halogenated alkanes) is 5. The number of nitrogens with one attached hydrogen (secondary N) is 2. The zero-order valence-electron chi connectivity index (χ0n) is 17.0. The topological polar surface area (TPSA) is 66.5 Å². The molecule has 0 aliphatic heterocycles. The van der Waals surface area contributed by atoms with Crippen LogP contribution in [0.3, 0.4) is 0 Å². The summed E-state index contributed by atoms with van der Waals surface area (Å²) in [5.74, 6) is 0.621. The van der Waals surface area contributed by atoms with Crippen molar-refractivity contribution < 1.29 is 9.53 Å². The largest absolute Gasteiger partial charge is 0.494 e. The first-order valence-corrected chi connectivity index (χ1v) is 10.4. The predicted molar refractivity (Wildman–Crippen MR) is 119 cm³/mol. The number of fused-ring (bicyclic) bond motifs is 1. The Morgan fingerprint density at radius 2 is 1.79 bits per heavy atom. The zero-order valence-corrected chi connectivity index (χ0v) is 17.0. The minimum Gasteiger partial charge on any atom is -0.494 e. The Morgan fingerprint density at radius 3 is 2.62 bits per heavy atom. The molecule has 3 rings (SSSR count). The average molecular weight is 392 g/mol. The Labute approximate surface area is 172 Å². The lowest BCUT2D eigenvalue weighted by molar-refractivity contribution is 0.0957. The summed E-state index contributed by atoms with van der Waals surface area (Å²) >= 11 is 0. The summed E-state index contributed by atoms with van der Waals surface area (Å²) in [7, 11) is 0. The third kappa shape index (κ3) is 6.21. The van der Waals surface area contributed by atoms with E-state index in [4.69, 9.17) is 4.74 Å². The molecule has 0 bridgehead atoms. The van der Waals surface area contributed by atoms with Gasteiger partial charge in [0.25, 0.3) is 5.91 Å². The first kappa shape index (κ1) is 20.6. The van der Waals surface area contributed by atoms with Crippen LogP contribution in [0.5, 0.6) is 5.75 Å². The molecule has 2 aromatic carbocycles. The fourth-order valence-electron chi connectivity index (χ4n) is 3.21. The van der Waals surface area contributed by atoms with Crippen LogP contribution in [0.1, 0.15) is 61.4 Å². The second-order valence-electron chi connectivity index (χ2n) is 7.13. The molecule has 0 atom stereocenters. The molecule has 0 aliphatic carbocycles. The van der Waals surface area contributed by atoms with Gasteiger partial charge in [-0.05, 0) is 42.3 Å². The lowest BCUT2D eigenvalue weighted by Crippen LogP contribution is -2.17. The van der Waals surface area contributed by atoms with Gasteiger partial charge in [0.05, 0.1) is 18.4 Å². The SMILES string of the molecule is CCCCCCCCOc1ccc(/C=N/NC(=O)c2c[nH]c3ccccc23)cc1. The van der Waals surface area contributed by atoms with Crippen LogP contribution in [0.2, 0.25) is 0 Å². The van der Waals surface area contributed by atoms with E-state index in [0.29, 0.717) is 5.56 Å². The number of benzene rings is 2. The number of amides is 1. The van der Waals surface area contributed by atoms with Crippen molar-refractivity contribution in [1.29, 1.82) is 0 Å². The van der Waals surface area contributed by atoms with E-state index in [2.05, 4.69) is 22.4 Å². The fourth-order valence-corrected chi connectivity index (χ4v) is 3.21. The van der Waals surface area contributed by atoms with Gasteiger partial charge in [-0.15, -0.1) is 0 Å². The number of H-pyrrole nitrogens is 1. The number of carbonyl (C=O) groups is 1. The number of hydrogen-bond donors (Lipinski definition) is 2. The Morgan fingerprint density at radius 1 is 1.03 bits per heavy atom. The molecule has 152 valence electrons. The molecule has 0 aliphatic rings. The maximum atomic E-state index is 12.3. The number of ether oxygens (including phenoxy) is 1. The smallest absolute Gasteiger partial charge is 0.273 e. The highest BCUT2D eigenvalue weighted by Crippen LogP contribution is 2.17. The summed E-state index contributed by atoms with van der Waals surface area (Å²) in [5.41, 5.74) is 4.99. The molecule has 3 aromatic rings. The summed E-state index contributed by atoms with van der Waals surface area (Å²) in [6, 6.07) is 15.4. The van der Waals surface area contributed by atoms with Gasteiger partial charge in [-0.25, -0.2) is 5.43 Å². The molecule has 0 fully saturated rings. The number of aromatic nitrogens is 1. The molecule has 0 saturated heterocycles. The van der Waals surface area contributed by atoms with Crippen LogP contribution < -0.4 is 10.2 Å². The Balaban J connectivity index is 1.42. The lowest BCUT2D eigenvalue weighted by Gasteiger charge is -2.06. The number of nitrogens with zero attached hydrogens (tertiary/aromatic N) is 1. The van der Waals surface area contributed by atoms with Crippen LogP contribution in [0.25, 0.3) is 10.9 Å². The van der Waals surface area contributed by atoms with Crippen LogP contribution in [0.15, 0.2) is 59.8 Å². The standard InChI is InChI=1S/C24H29N3O2/c1-2-3-4-5-6-9-16-29-20-14-12-19(13-15-20)17-26-27-24(28)22-18-25-23-11-8-7-10-21(22)23/h7-8,10-15,17-18,25H,2-6,9,16H2,1H3,(H,27,28)/b26-17+. The van der Waals surface area contributed by atoms with E-state index in [1.807, 2.05) is 48.5 Å². The highest BCUT2D eigenvalue weighted by atomic mass is 16.5. The van der Waals surface area contributed by atoms with Gasteiger partial charge in [0.2, 0.25) is 0 Å². The second kappa shape index (κ2) is 11.1. The molecule has 0 spiro atoms. The molecule has 1 amide bonds. The van der Waals surface area contributed by atoms with Crippen LogP contribution in [0, 0.1) is 0 Å². The molecular weight excluding hydrogens is 362 g/mol. The number of para-hydroxylation sites is 1. The minimum atomic E-state index is -0.238. The van der Waals surface area contributed by atoms with Gasteiger partial charge in [0, 0.05) is 17.1 Å². The summed E-state index contributed by atoms with van der Waals surface area (Å²) in [5, 5.41) is 4.95. The van der Waals surface area contributed by atoms with Crippen molar-refractivity contribution in [2.75, 3.05) is 6.61 Å². The van der Waals surface area contributed by atoms with Gasteiger partial charge >= 0.3 is 0 Å². The highest BCUT2D eigenvalue weighted by Gasteiger charge is 2.10. The van der Waals surface area contributed by atoms with Gasteiger partial charge in [-0.3, -0.25) is 4.79 Å². The van der Waals surface area contributed by atoms with Crippen molar-refractivity contribution in [3.8, 4) is 5.75 Å². The minimum absolute atomic E-state index is 0.238. The Kier molecular flexibility index (Phi) is 7.87. The van der Waals surface area contributed by atoms with Gasteiger partial charge in [0.15, 0.2) is 0 Å². The molecule has 0 radical (unpaired) electrons. The van der Waals surface area contributed by atoms with Crippen molar-refractivity contribution in [1.82, 2.24) is 10.4 Å². The van der Waals surface area contributed by atoms with Crippen molar-refractivity contribution in [3.63, 3.8) is 0 Å². The van der Waals surface area contributed by atoms with Gasteiger partial charge in [-0.1, -0.05) is 57.2 Å². The first-order chi connectivity index (χ1) is 14.3. The molecule has 5 heteroatoms. The quantitative estimate of drug-likeness (QED) is 0.251. The van der Waals surface area contributed by atoms with Crippen molar-refractivity contribution in [2.45, 2.75) is 45.4 Å². The third-order valence-corrected chi connectivity index (χ3v) is 4.86.